The smallest absolute Gasteiger partial charge is 0.323 e. The first-order chi connectivity index (χ1) is 25.2. The number of nitrogens with zero attached hydrogens (tertiary/aromatic N) is 4. The minimum atomic E-state index is -0.354. The van der Waals surface area contributed by atoms with Gasteiger partial charge in [-0.05, 0) is 85.6 Å². The van der Waals surface area contributed by atoms with Gasteiger partial charge in [0, 0.05) is 66.2 Å². The number of aromatic hydroxyl groups is 1. The van der Waals surface area contributed by atoms with E-state index in [1.54, 1.807) is 41.7 Å². The Bertz CT molecular complexity index is 2050. The standard InChI is InChI=1S/C39H40FN7O4S.ClH/c1-26-7-10-32(19-27(26)2)44-39(50)43-31-11-8-28(9-12-31)38-42-33(25-52-38)22-46-15-17-47(18-16-46)23-37(49)45-41-21-30-20-34(13-14-36(30)48)51-24-29-5-3-4-6-35(29)40;/h3-14,19-21,25,48H,15-18,22-24H2,1-2H3,(H,45,49)(H2,43,44,50);1H/b41-21+;. The summed E-state index contributed by atoms with van der Waals surface area (Å²) in [5, 5.41) is 23.0. The van der Waals surface area contributed by atoms with Gasteiger partial charge in [0.1, 0.15) is 28.9 Å². The molecule has 0 atom stereocenters. The van der Waals surface area contributed by atoms with E-state index >= 15 is 0 Å². The van der Waals surface area contributed by atoms with Crippen molar-refractivity contribution in [2.75, 3.05) is 43.4 Å². The monoisotopic (exact) mass is 757 g/mol. The first kappa shape index (κ1) is 38.9. The molecule has 1 saturated heterocycles. The van der Waals surface area contributed by atoms with E-state index in [4.69, 9.17) is 9.72 Å². The molecule has 14 heteroatoms. The second-order valence-electron chi connectivity index (χ2n) is 12.5. The van der Waals surface area contributed by atoms with Crippen molar-refractivity contribution in [3.05, 3.63) is 124 Å². The van der Waals surface area contributed by atoms with Crippen molar-refractivity contribution in [3.63, 3.8) is 0 Å². The van der Waals surface area contributed by atoms with Crippen LogP contribution in [0.2, 0.25) is 0 Å². The maximum Gasteiger partial charge on any atom is 0.323 e. The molecule has 1 aliphatic heterocycles. The minimum absolute atomic E-state index is 0. The summed E-state index contributed by atoms with van der Waals surface area (Å²) in [6.45, 7) is 8.03. The number of hydrazone groups is 1. The molecule has 276 valence electrons. The predicted octanol–water partition coefficient (Wildman–Crippen LogP) is 7.18. The Morgan fingerprint density at radius 2 is 1.64 bits per heavy atom. The lowest BCUT2D eigenvalue weighted by atomic mass is 10.1. The van der Waals surface area contributed by atoms with Gasteiger partial charge in [0.25, 0.3) is 5.91 Å². The van der Waals surface area contributed by atoms with E-state index < -0.39 is 0 Å². The zero-order valence-electron chi connectivity index (χ0n) is 29.3. The van der Waals surface area contributed by atoms with Gasteiger partial charge in [-0.15, -0.1) is 23.7 Å². The van der Waals surface area contributed by atoms with Crippen LogP contribution in [0, 0.1) is 19.7 Å². The summed E-state index contributed by atoms with van der Waals surface area (Å²) in [5.41, 5.74) is 8.99. The number of urea groups is 1. The molecule has 3 amide bonds. The van der Waals surface area contributed by atoms with Gasteiger partial charge in [0.2, 0.25) is 0 Å². The first-order valence-electron chi connectivity index (χ1n) is 16.8. The fraction of sp³-hybridized carbons (Fsp3) is 0.231. The number of hydrogen-bond donors (Lipinski definition) is 4. The van der Waals surface area contributed by atoms with Crippen LogP contribution in [0.15, 0.2) is 95.4 Å². The van der Waals surface area contributed by atoms with Crippen LogP contribution in [-0.2, 0) is 17.9 Å². The lowest BCUT2D eigenvalue weighted by Gasteiger charge is -2.33. The number of carbonyl (C=O) groups is 2. The maximum atomic E-state index is 13.9. The second-order valence-corrected chi connectivity index (χ2v) is 13.4. The third-order valence-corrected chi connectivity index (χ3v) is 9.61. The highest BCUT2D eigenvalue weighted by atomic mass is 35.5. The summed E-state index contributed by atoms with van der Waals surface area (Å²) in [6, 6.07) is 24.1. The van der Waals surface area contributed by atoms with Gasteiger partial charge < -0.3 is 20.5 Å². The molecule has 53 heavy (non-hydrogen) atoms. The van der Waals surface area contributed by atoms with Gasteiger partial charge in [-0.2, -0.15) is 5.10 Å². The predicted molar refractivity (Wildman–Crippen MR) is 210 cm³/mol. The number of phenols is 1. The van der Waals surface area contributed by atoms with Gasteiger partial charge >= 0.3 is 6.03 Å². The van der Waals surface area contributed by atoms with Crippen molar-refractivity contribution in [1.82, 2.24) is 20.2 Å². The van der Waals surface area contributed by atoms with E-state index in [2.05, 4.69) is 36.3 Å². The summed E-state index contributed by atoms with van der Waals surface area (Å²) in [7, 11) is 0. The lowest BCUT2D eigenvalue weighted by Crippen LogP contribution is -2.48. The van der Waals surface area contributed by atoms with Crippen molar-refractivity contribution in [2.45, 2.75) is 27.0 Å². The fourth-order valence-corrected chi connectivity index (χ4v) is 6.39. The molecular weight excluding hydrogens is 717 g/mol. The number of rotatable bonds is 12. The molecule has 1 fully saturated rings. The fourth-order valence-electron chi connectivity index (χ4n) is 5.57. The van der Waals surface area contributed by atoms with Crippen molar-refractivity contribution in [3.8, 4) is 22.1 Å². The maximum absolute atomic E-state index is 13.9. The molecule has 1 aromatic heterocycles. The average Bonchev–Trinajstić information content (AvgIpc) is 3.60. The Morgan fingerprint density at radius 1 is 0.925 bits per heavy atom. The molecule has 1 aliphatic rings. The highest BCUT2D eigenvalue weighted by molar-refractivity contribution is 7.13. The van der Waals surface area contributed by atoms with Crippen LogP contribution >= 0.6 is 23.7 Å². The molecule has 4 aromatic carbocycles. The molecule has 5 aromatic rings. The van der Waals surface area contributed by atoms with E-state index in [1.807, 2.05) is 56.3 Å². The molecule has 0 spiro atoms. The van der Waals surface area contributed by atoms with Crippen LogP contribution in [0.3, 0.4) is 0 Å². The first-order valence-corrected chi connectivity index (χ1v) is 17.7. The summed E-state index contributed by atoms with van der Waals surface area (Å²) < 4.78 is 19.6. The number of ether oxygens (including phenoxy) is 1. The molecule has 11 nitrogen and oxygen atoms in total. The number of phenolic OH excluding ortho intramolecular Hbond substituents is 1. The lowest BCUT2D eigenvalue weighted by molar-refractivity contribution is -0.122. The Kier molecular flexibility index (Phi) is 13.5. The molecule has 0 aliphatic carbocycles. The zero-order chi connectivity index (χ0) is 36.5. The van der Waals surface area contributed by atoms with E-state index in [1.165, 1.54) is 23.9 Å². The molecule has 0 radical (unpaired) electrons. The van der Waals surface area contributed by atoms with Crippen LogP contribution in [0.4, 0.5) is 20.6 Å². The molecular formula is C39H41ClFN7O4S. The quantitative estimate of drug-likeness (QED) is 0.0784. The number of aryl methyl sites for hydroxylation is 2. The molecule has 6 rings (SSSR count). The number of aromatic nitrogens is 1. The van der Waals surface area contributed by atoms with Crippen molar-refractivity contribution in [1.29, 1.82) is 0 Å². The highest BCUT2D eigenvalue weighted by Gasteiger charge is 2.20. The zero-order valence-corrected chi connectivity index (χ0v) is 31.0. The number of carbonyl (C=O) groups excluding carboxylic acids is 2. The Hall–Kier alpha value is -5.34. The van der Waals surface area contributed by atoms with Crippen molar-refractivity contribution >= 4 is 53.3 Å². The van der Waals surface area contributed by atoms with Crippen LogP contribution < -0.4 is 20.8 Å². The number of thiazole rings is 1. The number of piperazine rings is 1. The van der Waals surface area contributed by atoms with Gasteiger partial charge in [0.05, 0.1) is 18.5 Å². The largest absolute Gasteiger partial charge is 0.507 e. The summed E-state index contributed by atoms with van der Waals surface area (Å²) in [4.78, 5) is 34.3. The topological polar surface area (TPSA) is 131 Å². The van der Waals surface area contributed by atoms with E-state index in [0.717, 1.165) is 53.7 Å². The molecule has 2 heterocycles. The van der Waals surface area contributed by atoms with Crippen LogP contribution in [-0.4, -0.2) is 70.8 Å². The van der Waals surface area contributed by atoms with E-state index in [9.17, 15) is 19.1 Å². The van der Waals surface area contributed by atoms with Gasteiger partial charge in [-0.3, -0.25) is 14.6 Å². The Labute approximate surface area is 317 Å². The van der Waals surface area contributed by atoms with Crippen LogP contribution in [0.5, 0.6) is 11.5 Å². The third kappa shape index (κ3) is 11.1. The molecule has 4 N–H and O–H groups in total. The number of anilines is 2. The number of halogens is 2. The summed E-state index contributed by atoms with van der Waals surface area (Å²) in [6.07, 6.45) is 1.35. The van der Waals surface area contributed by atoms with E-state index in [-0.39, 0.29) is 49.1 Å². The molecule has 0 bridgehead atoms. The molecule has 0 unspecified atom stereocenters. The minimum Gasteiger partial charge on any atom is -0.507 e. The van der Waals surface area contributed by atoms with E-state index in [0.29, 0.717) is 29.1 Å². The average molecular weight is 758 g/mol. The molecule has 0 saturated carbocycles. The van der Waals surface area contributed by atoms with Gasteiger partial charge in [-0.1, -0.05) is 24.3 Å². The summed E-state index contributed by atoms with van der Waals surface area (Å²) >= 11 is 1.58. The Morgan fingerprint density at radius 3 is 2.40 bits per heavy atom. The number of amides is 3. The second kappa shape index (κ2) is 18.4. The number of benzene rings is 4. The third-order valence-electron chi connectivity index (χ3n) is 8.67. The van der Waals surface area contributed by atoms with Crippen molar-refractivity contribution < 1.29 is 23.8 Å². The summed E-state index contributed by atoms with van der Waals surface area (Å²) in [5.74, 6) is -0.213. The number of hydrogen-bond acceptors (Lipinski definition) is 9. The van der Waals surface area contributed by atoms with Crippen LogP contribution in [0.1, 0.15) is 27.9 Å². The van der Waals surface area contributed by atoms with Gasteiger partial charge in [0.15, 0.2) is 0 Å². The number of nitrogens with one attached hydrogen (secondary N) is 3. The SMILES string of the molecule is Cc1ccc(NC(=O)Nc2ccc(-c3nc(CN4CCN(CC(=O)N/N=C/c5cc(OCc6ccccc6F)ccc5O)CC4)cs3)cc2)cc1C.Cl. The Balaban J connectivity index is 0.00000541. The highest BCUT2D eigenvalue weighted by Crippen LogP contribution is 2.26. The van der Waals surface area contributed by atoms with Crippen LogP contribution in [0.25, 0.3) is 10.6 Å². The van der Waals surface area contributed by atoms with Gasteiger partial charge in [-0.25, -0.2) is 19.6 Å². The normalized spacial score (nSPS) is 13.3. The van der Waals surface area contributed by atoms with Crippen molar-refractivity contribution in [2.24, 2.45) is 5.10 Å².